The quantitative estimate of drug-likeness (QED) is 0.293. The minimum absolute atomic E-state index is 0.0786. The number of rotatable bonds is 10. The maximum atomic E-state index is 12.9. The topological polar surface area (TPSA) is 115 Å². The number of aromatic nitrogens is 3. The van der Waals surface area contributed by atoms with Gasteiger partial charge >= 0.3 is 5.97 Å². The average molecular weight is 530 g/mol. The zero-order valence-electron chi connectivity index (χ0n) is 20.4. The minimum atomic E-state index is -0.482. The third-order valence-electron chi connectivity index (χ3n) is 5.21. The molecule has 0 radical (unpaired) electrons. The predicted molar refractivity (Wildman–Crippen MR) is 139 cm³/mol. The summed E-state index contributed by atoms with van der Waals surface area (Å²) in [6, 6.07) is 13.0. The zero-order valence-corrected chi connectivity index (χ0v) is 22.0. The Morgan fingerprint density at radius 2 is 1.86 bits per heavy atom. The van der Waals surface area contributed by atoms with Gasteiger partial charge in [0.05, 0.1) is 35.1 Å². The van der Waals surface area contributed by atoms with Crippen molar-refractivity contribution in [2.45, 2.75) is 31.5 Å². The molecule has 1 atom stereocenters. The molecule has 36 heavy (non-hydrogen) atoms. The van der Waals surface area contributed by atoms with Crippen LogP contribution >= 0.6 is 23.4 Å². The lowest BCUT2D eigenvalue weighted by Crippen LogP contribution is -2.31. The molecule has 2 aromatic carbocycles. The Morgan fingerprint density at radius 3 is 2.56 bits per heavy atom. The fraction of sp³-hybridized carbons (Fsp3) is 0.320. The van der Waals surface area contributed by atoms with Gasteiger partial charge < -0.3 is 19.9 Å². The van der Waals surface area contributed by atoms with Gasteiger partial charge in [-0.25, -0.2) is 4.79 Å². The van der Waals surface area contributed by atoms with Gasteiger partial charge in [0, 0.05) is 12.7 Å². The molecule has 0 unspecified atom stereocenters. The highest BCUT2D eigenvalue weighted by Crippen LogP contribution is 2.25. The first-order valence-corrected chi connectivity index (χ1v) is 12.6. The maximum absolute atomic E-state index is 12.9. The molecule has 11 heteroatoms. The fourth-order valence-corrected chi connectivity index (χ4v) is 4.45. The first kappa shape index (κ1) is 27.2. The Balaban J connectivity index is 1.67. The normalized spacial score (nSPS) is 11.7. The Kier molecular flexibility index (Phi) is 9.49. The number of nitrogens with zero attached hydrogens (tertiary/aromatic N) is 3. The van der Waals surface area contributed by atoms with Crippen molar-refractivity contribution in [2.24, 2.45) is 13.0 Å². The standard InChI is InChI=1S/C25H28ClN5O4S/c1-15(2)12-20(28-23(33)18-10-5-6-11-19(18)26)22-29-30-25(31(22)3)36-14-21(32)27-17-9-7-8-16(13-17)24(34)35-4/h5-11,13,15,20H,12,14H2,1-4H3,(H,27,32)(H,28,33)/t20-/m1/s1. The molecule has 2 amide bonds. The minimum Gasteiger partial charge on any atom is -0.465 e. The van der Waals surface area contributed by atoms with Crippen molar-refractivity contribution in [3.63, 3.8) is 0 Å². The summed E-state index contributed by atoms with van der Waals surface area (Å²) in [6.07, 6.45) is 0.643. The summed E-state index contributed by atoms with van der Waals surface area (Å²) < 4.78 is 6.48. The number of hydrogen-bond acceptors (Lipinski definition) is 7. The molecule has 1 aromatic heterocycles. The SMILES string of the molecule is COC(=O)c1cccc(NC(=O)CSc2nnc([C@@H](CC(C)C)NC(=O)c3ccccc3Cl)n2C)c1. The lowest BCUT2D eigenvalue weighted by atomic mass is 10.0. The van der Waals surface area contributed by atoms with Crippen LogP contribution in [0.5, 0.6) is 0 Å². The van der Waals surface area contributed by atoms with Crippen LogP contribution in [0.15, 0.2) is 53.7 Å². The smallest absolute Gasteiger partial charge is 0.337 e. The van der Waals surface area contributed by atoms with Gasteiger partial charge in [-0.05, 0) is 42.7 Å². The second-order valence-electron chi connectivity index (χ2n) is 8.44. The van der Waals surface area contributed by atoms with E-state index in [0.717, 1.165) is 0 Å². The van der Waals surface area contributed by atoms with Gasteiger partial charge in [0.25, 0.3) is 5.91 Å². The summed E-state index contributed by atoms with van der Waals surface area (Å²) in [5.74, 6) is -0.104. The molecule has 2 N–H and O–H groups in total. The second kappa shape index (κ2) is 12.5. The number of thioether (sulfide) groups is 1. The first-order chi connectivity index (χ1) is 17.2. The van der Waals surface area contributed by atoms with Crippen LogP contribution in [0.1, 0.15) is 52.9 Å². The number of benzene rings is 2. The molecule has 1 heterocycles. The van der Waals surface area contributed by atoms with E-state index in [-0.39, 0.29) is 23.5 Å². The molecule has 0 spiro atoms. The van der Waals surface area contributed by atoms with Crippen molar-refractivity contribution in [1.29, 1.82) is 0 Å². The molecule has 0 saturated heterocycles. The van der Waals surface area contributed by atoms with Crippen molar-refractivity contribution >= 4 is 46.8 Å². The monoisotopic (exact) mass is 529 g/mol. The van der Waals surface area contributed by atoms with Crippen molar-refractivity contribution in [3.05, 3.63) is 70.5 Å². The summed E-state index contributed by atoms with van der Waals surface area (Å²) in [5.41, 5.74) is 1.22. The summed E-state index contributed by atoms with van der Waals surface area (Å²) in [6.45, 7) is 4.11. The number of nitrogens with one attached hydrogen (secondary N) is 2. The molecule has 190 valence electrons. The number of carbonyl (C=O) groups is 3. The third-order valence-corrected chi connectivity index (χ3v) is 6.56. The van der Waals surface area contributed by atoms with Crippen LogP contribution in [0.3, 0.4) is 0 Å². The van der Waals surface area contributed by atoms with E-state index < -0.39 is 12.0 Å². The maximum Gasteiger partial charge on any atom is 0.337 e. The van der Waals surface area contributed by atoms with Crippen LogP contribution in [0.4, 0.5) is 5.69 Å². The Labute approximate surface area is 219 Å². The van der Waals surface area contributed by atoms with E-state index in [4.69, 9.17) is 16.3 Å². The molecule has 9 nitrogen and oxygen atoms in total. The molecule has 0 fully saturated rings. The van der Waals surface area contributed by atoms with Gasteiger partial charge in [-0.3, -0.25) is 9.59 Å². The summed E-state index contributed by atoms with van der Waals surface area (Å²) in [5, 5.41) is 15.2. The van der Waals surface area contributed by atoms with Crippen LogP contribution < -0.4 is 10.6 Å². The predicted octanol–water partition coefficient (Wildman–Crippen LogP) is 4.50. The van der Waals surface area contributed by atoms with E-state index in [9.17, 15) is 14.4 Å². The molecule has 0 bridgehead atoms. The number of halogens is 1. The highest BCUT2D eigenvalue weighted by Gasteiger charge is 2.24. The van der Waals surface area contributed by atoms with Gasteiger partial charge in [-0.15, -0.1) is 10.2 Å². The summed E-state index contributed by atoms with van der Waals surface area (Å²) in [7, 11) is 3.09. The van der Waals surface area contributed by atoms with E-state index >= 15 is 0 Å². The van der Waals surface area contributed by atoms with Crippen LogP contribution in [-0.2, 0) is 16.6 Å². The lowest BCUT2D eigenvalue weighted by Gasteiger charge is -2.20. The number of amides is 2. The van der Waals surface area contributed by atoms with E-state index in [1.165, 1.54) is 18.9 Å². The fourth-order valence-electron chi connectivity index (χ4n) is 3.51. The van der Waals surface area contributed by atoms with Crippen molar-refractivity contribution in [1.82, 2.24) is 20.1 Å². The summed E-state index contributed by atoms with van der Waals surface area (Å²) in [4.78, 5) is 37.1. The third kappa shape index (κ3) is 7.08. The van der Waals surface area contributed by atoms with Crippen molar-refractivity contribution < 1.29 is 19.1 Å². The molecule has 0 saturated carbocycles. The number of esters is 1. The molecule has 3 rings (SSSR count). The van der Waals surface area contributed by atoms with Gasteiger partial charge in [0.15, 0.2) is 11.0 Å². The molecular weight excluding hydrogens is 502 g/mol. The number of anilines is 1. The van der Waals surface area contributed by atoms with Gasteiger partial charge in [0.2, 0.25) is 5.91 Å². The van der Waals surface area contributed by atoms with Gasteiger partial charge in [-0.1, -0.05) is 55.4 Å². The number of ether oxygens (including phenoxy) is 1. The Hall–Kier alpha value is -3.37. The van der Waals surface area contributed by atoms with Crippen molar-refractivity contribution in [2.75, 3.05) is 18.2 Å². The first-order valence-electron chi connectivity index (χ1n) is 11.2. The second-order valence-corrected chi connectivity index (χ2v) is 9.79. The molecule has 3 aromatic rings. The van der Waals surface area contributed by atoms with Crippen LogP contribution in [0.2, 0.25) is 5.02 Å². The highest BCUT2D eigenvalue weighted by molar-refractivity contribution is 7.99. The average Bonchev–Trinajstić information content (AvgIpc) is 3.22. The molecule has 0 aliphatic carbocycles. The number of hydrogen-bond donors (Lipinski definition) is 2. The highest BCUT2D eigenvalue weighted by atomic mass is 35.5. The number of carbonyl (C=O) groups excluding carboxylic acids is 3. The number of methoxy groups -OCH3 is 1. The van der Waals surface area contributed by atoms with Gasteiger partial charge in [0.1, 0.15) is 0 Å². The Morgan fingerprint density at radius 1 is 1.11 bits per heavy atom. The zero-order chi connectivity index (χ0) is 26.2. The van der Waals surface area contributed by atoms with Gasteiger partial charge in [-0.2, -0.15) is 0 Å². The van der Waals surface area contributed by atoms with E-state index in [1.54, 1.807) is 60.1 Å². The van der Waals surface area contributed by atoms with E-state index in [0.29, 0.717) is 39.2 Å². The Bertz CT molecular complexity index is 1250. The molecule has 0 aliphatic heterocycles. The largest absolute Gasteiger partial charge is 0.465 e. The molecular formula is C25H28ClN5O4S. The van der Waals surface area contributed by atoms with E-state index in [2.05, 4.69) is 34.7 Å². The van der Waals surface area contributed by atoms with Crippen molar-refractivity contribution in [3.8, 4) is 0 Å². The van der Waals surface area contributed by atoms with E-state index in [1.807, 2.05) is 0 Å². The van der Waals surface area contributed by atoms with Crippen LogP contribution in [-0.4, -0.2) is 45.4 Å². The summed E-state index contributed by atoms with van der Waals surface area (Å²) >= 11 is 7.41. The van der Waals surface area contributed by atoms with Crippen LogP contribution in [0, 0.1) is 5.92 Å². The molecule has 0 aliphatic rings. The lowest BCUT2D eigenvalue weighted by molar-refractivity contribution is -0.113. The van der Waals surface area contributed by atoms with Crippen LogP contribution in [0.25, 0.3) is 0 Å².